The molecule has 3 N–H and O–H groups in total. The number of H-pyrrole nitrogens is 1. The molecule has 1 aromatic rings. The van der Waals surface area contributed by atoms with Gasteiger partial charge in [0.1, 0.15) is 6.10 Å². The van der Waals surface area contributed by atoms with Crippen LogP contribution in [0, 0.1) is 0 Å². The number of aromatic nitrogens is 1. The molecule has 5 nitrogen and oxygen atoms in total. The molecule has 1 aromatic heterocycles. The second-order valence-corrected chi connectivity index (χ2v) is 7.37. The Bertz CT molecular complexity index is 945. The predicted molar refractivity (Wildman–Crippen MR) is 139 cm³/mol. The van der Waals surface area contributed by atoms with Gasteiger partial charge >= 0.3 is 0 Å². The van der Waals surface area contributed by atoms with E-state index in [0.717, 1.165) is 24.1 Å². The number of allylic oxidation sites excluding steroid dienone is 7. The Hall–Kier alpha value is -2.89. The van der Waals surface area contributed by atoms with E-state index in [4.69, 9.17) is 0 Å². The summed E-state index contributed by atoms with van der Waals surface area (Å²) in [5.41, 5.74) is 3.58. The standard InChI is InChI=1S/C26H34N2O3.C2H6/c1-6-10-12-13-14-17-20(29)23-22-21(19(15-8-3)28(5)26(22)31)24(27-23)25(30)18(9-4)16-11-7-2;1-2/h6,9-16,20,25,27,29-30H,1,7-8,17H2,2-5H3;1-2H3/b12-10-,14-13-,16-11-,18-9+,19-15-;. The van der Waals surface area contributed by atoms with Crippen LogP contribution in [0.15, 0.2) is 66.8 Å². The van der Waals surface area contributed by atoms with Gasteiger partial charge in [0, 0.05) is 18.3 Å². The minimum atomic E-state index is -0.937. The first kappa shape index (κ1) is 28.1. The third-order valence-corrected chi connectivity index (χ3v) is 5.25. The van der Waals surface area contributed by atoms with E-state index in [9.17, 15) is 15.0 Å². The highest BCUT2D eigenvalue weighted by molar-refractivity contribution is 6.10. The average molecular weight is 453 g/mol. The van der Waals surface area contributed by atoms with Gasteiger partial charge in [-0.1, -0.05) is 89.0 Å². The number of fused-ring (bicyclic) bond motifs is 1. The molecule has 0 aliphatic carbocycles. The number of hydrogen-bond acceptors (Lipinski definition) is 3. The van der Waals surface area contributed by atoms with Crippen LogP contribution in [0.25, 0.3) is 5.70 Å². The monoisotopic (exact) mass is 452 g/mol. The van der Waals surface area contributed by atoms with Crippen LogP contribution in [-0.2, 0) is 0 Å². The largest absolute Gasteiger partial charge is 0.387 e. The molecule has 1 aliphatic heterocycles. The Balaban J connectivity index is 0.00000265. The van der Waals surface area contributed by atoms with Crippen molar-refractivity contribution in [3.05, 3.63) is 89.4 Å². The maximum Gasteiger partial charge on any atom is 0.260 e. The van der Waals surface area contributed by atoms with Crippen LogP contribution in [0.2, 0.25) is 0 Å². The molecule has 0 saturated heterocycles. The Morgan fingerprint density at radius 2 is 1.76 bits per heavy atom. The smallest absolute Gasteiger partial charge is 0.260 e. The van der Waals surface area contributed by atoms with Gasteiger partial charge in [0.25, 0.3) is 5.91 Å². The lowest BCUT2D eigenvalue weighted by Crippen LogP contribution is -2.19. The van der Waals surface area contributed by atoms with Gasteiger partial charge in [-0.15, -0.1) is 0 Å². The fraction of sp³-hybridized carbons (Fsp3) is 0.393. The predicted octanol–water partition coefficient (Wildman–Crippen LogP) is 6.55. The SMILES string of the molecule is C=C/C=C\C=C/CC(O)c1[nH]c(C(O)C(/C=C\CC)=C/C)c2c1C(=O)N(C)/C2=C\CC.CC. The first-order valence-electron chi connectivity index (χ1n) is 11.8. The quantitative estimate of drug-likeness (QED) is 0.353. The van der Waals surface area contributed by atoms with Crippen molar-refractivity contribution in [2.24, 2.45) is 0 Å². The minimum Gasteiger partial charge on any atom is -0.387 e. The number of rotatable bonds is 10. The van der Waals surface area contributed by atoms with Gasteiger partial charge in [-0.2, -0.15) is 0 Å². The maximum atomic E-state index is 13.1. The second kappa shape index (κ2) is 14.3. The first-order chi connectivity index (χ1) is 15.9. The van der Waals surface area contributed by atoms with Crippen molar-refractivity contribution in [3.8, 4) is 0 Å². The highest BCUT2D eigenvalue weighted by Crippen LogP contribution is 2.42. The molecule has 0 saturated carbocycles. The molecule has 5 heteroatoms. The lowest BCUT2D eigenvalue weighted by molar-refractivity contribution is 0.0866. The molecule has 0 spiro atoms. The third kappa shape index (κ3) is 6.56. The molecule has 33 heavy (non-hydrogen) atoms. The van der Waals surface area contributed by atoms with Crippen molar-refractivity contribution in [1.82, 2.24) is 9.88 Å². The molecule has 0 bridgehead atoms. The fourth-order valence-electron chi connectivity index (χ4n) is 3.67. The van der Waals surface area contributed by atoms with E-state index in [1.165, 1.54) is 0 Å². The highest BCUT2D eigenvalue weighted by atomic mass is 16.3. The molecular weight excluding hydrogens is 412 g/mol. The summed E-state index contributed by atoms with van der Waals surface area (Å²) >= 11 is 0. The van der Waals surface area contributed by atoms with Gasteiger partial charge in [0.05, 0.1) is 23.1 Å². The highest BCUT2D eigenvalue weighted by Gasteiger charge is 2.39. The molecule has 0 radical (unpaired) electrons. The summed E-state index contributed by atoms with van der Waals surface area (Å²) in [6, 6.07) is 0. The van der Waals surface area contributed by atoms with Crippen LogP contribution in [0.4, 0.5) is 0 Å². The van der Waals surface area contributed by atoms with Crippen LogP contribution >= 0.6 is 0 Å². The molecule has 0 aromatic carbocycles. The lowest BCUT2D eigenvalue weighted by Gasteiger charge is -2.17. The van der Waals surface area contributed by atoms with Crippen molar-refractivity contribution in [1.29, 1.82) is 0 Å². The van der Waals surface area contributed by atoms with E-state index in [0.29, 0.717) is 28.9 Å². The number of aromatic amines is 1. The molecular formula is C28H40N2O3. The maximum absolute atomic E-state index is 13.1. The zero-order chi connectivity index (χ0) is 25.0. The van der Waals surface area contributed by atoms with Crippen LogP contribution in [-0.4, -0.2) is 33.1 Å². The summed E-state index contributed by atoms with van der Waals surface area (Å²) in [6.45, 7) is 13.5. The Morgan fingerprint density at radius 3 is 2.33 bits per heavy atom. The molecule has 2 atom stereocenters. The van der Waals surface area contributed by atoms with Gasteiger partial charge in [0.2, 0.25) is 0 Å². The number of aliphatic hydroxyl groups excluding tert-OH is 2. The number of amides is 1. The zero-order valence-corrected chi connectivity index (χ0v) is 20.9. The Morgan fingerprint density at radius 1 is 1.06 bits per heavy atom. The number of carbonyl (C=O) groups is 1. The Labute approximate surface area is 199 Å². The number of nitrogens with zero attached hydrogens (tertiary/aromatic N) is 1. The first-order valence-corrected chi connectivity index (χ1v) is 11.8. The van der Waals surface area contributed by atoms with E-state index < -0.39 is 12.2 Å². The van der Waals surface area contributed by atoms with E-state index in [1.807, 2.05) is 77.2 Å². The van der Waals surface area contributed by atoms with Gasteiger partial charge < -0.3 is 20.1 Å². The van der Waals surface area contributed by atoms with Crippen molar-refractivity contribution >= 4 is 11.6 Å². The summed E-state index contributed by atoms with van der Waals surface area (Å²) in [7, 11) is 1.73. The summed E-state index contributed by atoms with van der Waals surface area (Å²) in [5, 5.41) is 22.0. The normalized spacial score (nSPS) is 17.2. The van der Waals surface area contributed by atoms with Crippen LogP contribution in [0.1, 0.15) is 93.4 Å². The van der Waals surface area contributed by atoms with Crippen molar-refractivity contribution in [2.75, 3.05) is 7.05 Å². The zero-order valence-electron chi connectivity index (χ0n) is 20.9. The van der Waals surface area contributed by atoms with E-state index in [-0.39, 0.29) is 5.91 Å². The summed E-state index contributed by atoms with van der Waals surface area (Å²) in [6.07, 6.45) is 16.8. The molecule has 2 rings (SSSR count). The third-order valence-electron chi connectivity index (χ3n) is 5.25. The van der Waals surface area contributed by atoms with E-state index >= 15 is 0 Å². The van der Waals surface area contributed by atoms with Crippen molar-refractivity contribution < 1.29 is 15.0 Å². The van der Waals surface area contributed by atoms with E-state index in [2.05, 4.69) is 11.6 Å². The summed E-state index contributed by atoms with van der Waals surface area (Å²) < 4.78 is 0. The van der Waals surface area contributed by atoms with Gasteiger partial charge in [-0.3, -0.25) is 4.79 Å². The number of aliphatic hydroxyl groups is 2. The second-order valence-electron chi connectivity index (χ2n) is 7.37. The molecule has 0 fully saturated rings. The van der Waals surface area contributed by atoms with Crippen LogP contribution in [0.3, 0.4) is 0 Å². The van der Waals surface area contributed by atoms with Gasteiger partial charge in [0.15, 0.2) is 0 Å². The minimum absolute atomic E-state index is 0.180. The number of carbonyl (C=O) groups excluding carboxylic acids is 1. The lowest BCUT2D eigenvalue weighted by atomic mass is 9.99. The van der Waals surface area contributed by atoms with E-state index in [1.54, 1.807) is 24.1 Å². The average Bonchev–Trinajstić information content (AvgIpc) is 3.33. The van der Waals surface area contributed by atoms with Crippen LogP contribution in [0.5, 0.6) is 0 Å². The topological polar surface area (TPSA) is 76.6 Å². The molecule has 180 valence electrons. The number of nitrogens with one attached hydrogen (secondary N) is 1. The Kier molecular flexibility index (Phi) is 12.2. The molecule has 1 aliphatic rings. The van der Waals surface area contributed by atoms with Crippen LogP contribution < -0.4 is 0 Å². The molecule has 2 heterocycles. The number of hydrogen-bond donors (Lipinski definition) is 3. The molecule has 2 unspecified atom stereocenters. The van der Waals surface area contributed by atoms with Gasteiger partial charge in [-0.05, 0) is 31.8 Å². The summed E-state index contributed by atoms with van der Waals surface area (Å²) in [5.74, 6) is -0.180. The van der Waals surface area contributed by atoms with Gasteiger partial charge in [-0.25, -0.2) is 0 Å². The van der Waals surface area contributed by atoms with Crippen molar-refractivity contribution in [3.63, 3.8) is 0 Å². The summed E-state index contributed by atoms with van der Waals surface area (Å²) in [4.78, 5) is 17.9. The molecule has 1 amide bonds. The van der Waals surface area contributed by atoms with Crippen molar-refractivity contribution in [2.45, 2.75) is 66.1 Å². The fourth-order valence-corrected chi connectivity index (χ4v) is 3.67.